The maximum Gasteiger partial charge on any atom is 0.179 e. The monoisotopic (exact) mass is 379 g/mol. The first-order valence-corrected chi connectivity index (χ1v) is 9.56. The molecule has 0 aliphatic carbocycles. The number of aryl methyl sites for hydroxylation is 2. The van der Waals surface area contributed by atoms with Crippen molar-refractivity contribution >= 4 is 16.6 Å². The number of benzene rings is 1. The lowest BCUT2D eigenvalue weighted by molar-refractivity contribution is 0.213. The Balaban J connectivity index is 1.57. The van der Waals surface area contributed by atoms with Crippen molar-refractivity contribution < 1.29 is 4.39 Å². The highest BCUT2D eigenvalue weighted by Crippen LogP contribution is 2.29. The molecule has 7 nitrogen and oxygen atoms in total. The molecule has 0 saturated carbocycles. The topological polar surface area (TPSA) is 64.1 Å². The van der Waals surface area contributed by atoms with Crippen molar-refractivity contribution in [2.24, 2.45) is 0 Å². The Morgan fingerprint density at radius 2 is 1.82 bits per heavy atom. The van der Waals surface area contributed by atoms with Crippen LogP contribution >= 0.6 is 0 Å². The molecule has 8 heteroatoms. The van der Waals surface area contributed by atoms with Crippen molar-refractivity contribution in [3.8, 4) is 11.3 Å². The molecule has 0 atom stereocenters. The summed E-state index contributed by atoms with van der Waals surface area (Å²) in [4.78, 5) is 6.69. The number of halogens is 1. The van der Waals surface area contributed by atoms with E-state index in [1.807, 2.05) is 36.9 Å². The van der Waals surface area contributed by atoms with Crippen LogP contribution in [0.5, 0.6) is 0 Å². The largest absolute Gasteiger partial charge is 0.306 e. The number of likely N-dealkylation sites (tertiary alicyclic amines) is 1. The molecule has 0 radical (unpaired) electrons. The molecule has 0 amide bonds. The number of nitrogens with zero attached hydrogens (tertiary/aromatic N) is 7. The molecule has 3 aromatic heterocycles. The molecule has 0 unspecified atom stereocenters. The van der Waals surface area contributed by atoms with Crippen LogP contribution in [-0.2, 0) is 0 Å². The van der Waals surface area contributed by atoms with Crippen molar-refractivity contribution in [2.45, 2.75) is 32.7 Å². The standard InChI is InChI=1S/C20H22FN7/c1-12-8-18(24-28-20(12)22-13(2)23-28)14-9-15-11-27(25-19(15)17(21)10-14)16-4-6-26(3)7-5-16/h8-11,16H,4-7H2,1-3H3. The molecule has 0 N–H and O–H groups in total. The van der Waals surface area contributed by atoms with Gasteiger partial charge >= 0.3 is 0 Å². The van der Waals surface area contributed by atoms with Gasteiger partial charge in [0.2, 0.25) is 0 Å². The maximum absolute atomic E-state index is 14.8. The molecule has 4 heterocycles. The molecular weight excluding hydrogens is 357 g/mol. The second-order valence-corrected chi connectivity index (χ2v) is 7.72. The zero-order valence-corrected chi connectivity index (χ0v) is 16.2. The van der Waals surface area contributed by atoms with Gasteiger partial charge in [0.05, 0.1) is 11.7 Å². The molecule has 1 fully saturated rings. The van der Waals surface area contributed by atoms with Gasteiger partial charge in [-0.05, 0) is 70.6 Å². The van der Waals surface area contributed by atoms with E-state index in [-0.39, 0.29) is 5.82 Å². The normalized spacial score (nSPS) is 16.4. The molecule has 1 aromatic carbocycles. The van der Waals surface area contributed by atoms with Crippen molar-refractivity contribution in [1.82, 2.24) is 34.5 Å². The quantitative estimate of drug-likeness (QED) is 0.535. The molecule has 0 spiro atoms. The third-order valence-electron chi connectivity index (χ3n) is 5.54. The molecule has 5 rings (SSSR count). The lowest BCUT2D eigenvalue weighted by atomic mass is 10.1. The van der Waals surface area contributed by atoms with E-state index in [4.69, 9.17) is 0 Å². The number of hydrogen-bond donors (Lipinski definition) is 0. The molecule has 0 bridgehead atoms. The predicted octanol–water partition coefficient (Wildman–Crippen LogP) is 3.16. The van der Waals surface area contributed by atoms with Crippen LogP contribution in [-0.4, -0.2) is 54.6 Å². The number of rotatable bonds is 2. The van der Waals surface area contributed by atoms with Gasteiger partial charge in [-0.2, -0.15) is 5.10 Å². The van der Waals surface area contributed by atoms with E-state index in [0.29, 0.717) is 28.6 Å². The summed E-state index contributed by atoms with van der Waals surface area (Å²) in [7, 11) is 2.13. The Morgan fingerprint density at radius 1 is 1.04 bits per heavy atom. The Hall–Kier alpha value is -2.87. The smallest absolute Gasteiger partial charge is 0.179 e. The molecule has 1 aliphatic heterocycles. The number of aromatic nitrogens is 6. The highest BCUT2D eigenvalue weighted by atomic mass is 19.1. The van der Waals surface area contributed by atoms with Crippen LogP contribution in [0.15, 0.2) is 24.4 Å². The van der Waals surface area contributed by atoms with Crippen molar-refractivity contribution in [3.63, 3.8) is 0 Å². The molecule has 4 aromatic rings. The van der Waals surface area contributed by atoms with E-state index in [1.165, 1.54) is 10.7 Å². The summed E-state index contributed by atoms with van der Waals surface area (Å²) < 4.78 is 18.3. The van der Waals surface area contributed by atoms with E-state index in [1.54, 1.807) is 0 Å². The van der Waals surface area contributed by atoms with Crippen LogP contribution in [0.4, 0.5) is 4.39 Å². The highest BCUT2D eigenvalue weighted by molar-refractivity contribution is 5.84. The van der Waals surface area contributed by atoms with E-state index in [2.05, 4.69) is 32.2 Å². The summed E-state index contributed by atoms with van der Waals surface area (Å²) in [6, 6.07) is 5.70. The van der Waals surface area contributed by atoms with Gasteiger partial charge in [-0.1, -0.05) is 0 Å². The average Bonchev–Trinajstić information content (AvgIpc) is 3.26. The summed E-state index contributed by atoms with van der Waals surface area (Å²) >= 11 is 0. The van der Waals surface area contributed by atoms with Crippen LogP contribution in [0, 0.1) is 19.7 Å². The first kappa shape index (κ1) is 17.2. The number of hydrogen-bond acceptors (Lipinski definition) is 5. The predicted molar refractivity (Wildman–Crippen MR) is 105 cm³/mol. The number of piperidine rings is 1. The lowest BCUT2D eigenvalue weighted by Gasteiger charge is -2.28. The second kappa shape index (κ2) is 6.34. The fourth-order valence-corrected chi connectivity index (χ4v) is 3.97. The van der Waals surface area contributed by atoms with Gasteiger partial charge in [0, 0.05) is 17.1 Å². The second-order valence-electron chi connectivity index (χ2n) is 7.72. The van der Waals surface area contributed by atoms with Gasteiger partial charge in [0.15, 0.2) is 11.5 Å². The number of fused-ring (bicyclic) bond motifs is 2. The SMILES string of the molecule is Cc1nc2c(C)cc(-c3cc(F)c4nn(C5CCN(C)CC5)cc4c3)nn2n1. The van der Waals surface area contributed by atoms with Gasteiger partial charge < -0.3 is 4.90 Å². The minimum absolute atomic E-state index is 0.321. The van der Waals surface area contributed by atoms with Gasteiger partial charge in [-0.15, -0.1) is 14.8 Å². The molecule has 28 heavy (non-hydrogen) atoms. The van der Waals surface area contributed by atoms with Gasteiger partial charge in [0.25, 0.3) is 0 Å². The van der Waals surface area contributed by atoms with E-state index in [9.17, 15) is 4.39 Å². The van der Waals surface area contributed by atoms with Crippen molar-refractivity contribution in [3.05, 3.63) is 41.6 Å². The Labute approximate surface area is 161 Å². The minimum atomic E-state index is -0.325. The Kier molecular flexibility index (Phi) is 3.90. The molecular formula is C20H22FN7. The Bertz CT molecular complexity index is 1180. The van der Waals surface area contributed by atoms with Gasteiger partial charge in [-0.3, -0.25) is 4.68 Å². The summed E-state index contributed by atoms with van der Waals surface area (Å²) in [6.07, 6.45) is 4.02. The zero-order chi connectivity index (χ0) is 19.4. The Morgan fingerprint density at radius 3 is 2.61 bits per heavy atom. The van der Waals surface area contributed by atoms with Crippen molar-refractivity contribution in [1.29, 1.82) is 0 Å². The third-order valence-corrected chi connectivity index (χ3v) is 5.54. The van der Waals surface area contributed by atoms with Crippen LogP contribution < -0.4 is 0 Å². The molecule has 1 aliphatic rings. The van der Waals surface area contributed by atoms with Crippen LogP contribution in [0.3, 0.4) is 0 Å². The molecule has 1 saturated heterocycles. The molecule has 144 valence electrons. The van der Waals surface area contributed by atoms with Crippen LogP contribution in [0.2, 0.25) is 0 Å². The first-order valence-electron chi connectivity index (χ1n) is 9.56. The summed E-state index contributed by atoms with van der Waals surface area (Å²) in [5, 5.41) is 14.2. The zero-order valence-electron chi connectivity index (χ0n) is 16.2. The third kappa shape index (κ3) is 2.84. The summed E-state index contributed by atoms with van der Waals surface area (Å²) in [5.41, 5.74) is 3.47. The highest BCUT2D eigenvalue weighted by Gasteiger charge is 2.20. The van der Waals surface area contributed by atoms with E-state index < -0.39 is 0 Å². The van der Waals surface area contributed by atoms with E-state index in [0.717, 1.165) is 42.5 Å². The summed E-state index contributed by atoms with van der Waals surface area (Å²) in [5.74, 6) is 0.335. The van der Waals surface area contributed by atoms with Crippen LogP contribution in [0.25, 0.3) is 27.8 Å². The van der Waals surface area contributed by atoms with Gasteiger partial charge in [0.1, 0.15) is 11.3 Å². The average molecular weight is 379 g/mol. The minimum Gasteiger partial charge on any atom is -0.306 e. The maximum atomic E-state index is 14.8. The van der Waals surface area contributed by atoms with Crippen molar-refractivity contribution in [2.75, 3.05) is 20.1 Å². The van der Waals surface area contributed by atoms with Crippen LogP contribution in [0.1, 0.15) is 30.3 Å². The lowest BCUT2D eigenvalue weighted by Crippen LogP contribution is -2.31. The fraction of sp³-hybridized carbons (Fsp3) is 0.400. The summed E-state index contributed by atoms with van der Waals surface area (Å²) in [6.45, 7) is 5.86. The first-order chi connectivity index (χ1) is 13.5. The van der Waals surface area contributed by atoms with Gasteiger partial charge in [-0.25, -0.2) is 9.37 Å². The van der Waals surface area contributed by atoms with E-state index >= 15 is 0 Å². The fourth-order valence-electron chi connectivity index (χ4n) is 3.97.